The summed E-state index contributed by atoms with van der Waals surface area (Å²) >= 11 is 12.4. The minimum atomic E-state index is -0.282. The fourth-order valence-electron chi connectivity index (χ4n) is 3.41. The lowest BCUT2D eigenvalue weighted by atomic mass is 9.63. The molecule has 1 fully saturated rings. The Bertz CT molecular complexity index is 543. The highest BCUT2D eigenvalue weighted by molar-refractivity contribution is 6.42. The first kappa shape index (κ1) is 16.7. The van der Waals surface area contributed by atoms with E-state index in [4.69, 9.17) is 23.2 Å². The van der Waals surface area contributed by atoms with Gasteiger partial charge in [0.2, 0.25) is 0 Å². The Balaban J connectivity index is 2.15. The van der Waals surface area contributed by atoms with E-state index >= 15 is 0 Å². The number of nitriles is 1. The number of rotatable bonds is 2. The summed E-state index contributed by atoms with van der Waals surface area (Å²) in [5, 5.41) is 10.9. The van der Waals surface area contributed by atoms with Gasteiger partial charge in [0.15, 0.2) is 0 Å². The van der Waals surface area contributed by atoms with E-state index in [0.29, 0.717) is 27.8 Å². The summed E-state index contributed by atoms with van der Waals surface area (Å²) in [6, 6.07) is 8.28. The molecule has 0 heterocycles. The molecule has 0 aliphatic heterocycles. The fourth-order valence-corrected chi connectivity index (χ4v) is 3.80. The molecule has 0 unspecified atom stereocenters. The maximum Gasteiger partial charge on any atom is 0.0693 e. The molecule has 0 spiro atoms. The summed E-state index contributed by atoms with van der Waals surface area (Å²) in [6.45, 7) is 6.89. The van der Waals surface area contributed by atoms with Gasteiger partial charge in [0.1, 0.15) is 0 Å². The lowest BCUT2D eigenvalue weighted by Crippen LogP contribution is -2.33. The van der Waals surface area contributed by atoms with Crippen molar-refractivity contribution in [2.45, 2.75) is 52.9 Å². The summed E-state index contributed by atoms with van der Waals surface area (Å²) in [7, 11) is 0. The van der Waals surface area contributed by atoms with Crippen LogP contribution in [0.5, 0.6) is 0 Å². The number of halogens is 2. The zero-order chi connectivity index (χ0) is 15.7. The average Bonchev–Trinajstić information content (AvgIpc) is 2.43. The molecule has 0 N–H and O–H groups in total. The first-order valence-corrected chi connectivity index (χ1v) is 8.37. The molecule has 0 aromatic heterocycles. The van der Waals surface area contributed by atoms with Crippen molar-refractivity contribution in [3.8, 4) is 6.07 Å². The lowest BCUT2D eigenvalue weighted by Gasteiger charge is -2.40. The zero-order valence-electron chi connectivity index (χ0n) is 13.0. The van der Waals surface area contributed by atoms with Crippen LogP contribution in [-0.2, 0) is 6.42 Å². The number of nitrogens with zero attached hydrogens (tertiary/aromatic N) is 1. The largest absolute Gasteiger partial charge is 0.198 e. The second kappa shape index (κ2) is 6.19. The Morgan fingerprint density at radius 2 is 1.86 bits per heavy atom. The second-order valence-electron chi connectivity index (χ2n) is 7.42. The molecule has 0 bridgehead atoms. The van der Waals surface area contributed by atoms with Gasteiger partial charge in [-0.1, -0.05) is 56.1 Å². The summed E-state index contributed by atoms with van der Waals surface area (Å²) in [5.41, 5.74) is 1.05. The van der Waals surface area contributed by atoms with Gasteiger partial charge in [-0.3, -0.25) is 0 Å². The van der Waals surface area contributed by atoms with Gasteiger partial charge in [-0.05, 0) is 55.1 Å². The number of benzene rings is 1. The highest BCUT2D eigenvalue weighted by atomic mass is 35.5. The van der Waals surface area contributed by atoms with Gasteiger partial charge < -0.3 is 0 Å². The van der Waals surface area contributed by atoms with Crippen LogP contribution in [0.1, 0.15) is 52.0 Å². The third-order valence-corrected chi connectivity index (χ3v) is 5.82. The van der Waals surface area contributed by atoms with E-state index in [0.717, 1.165) is 31.2 Å². The molecule has 1 aromatic rings. The fraction of sp³-hybridized carbons (Fsp3) is 0.611. The predicted octanol–water partition coefficient (Wildman–Crippen LogP) is 6.28. The van der Waals surface area contributed by atoms with Crippen molar-refractivity contribution >= 4 is 23.2 Å². The lowest BCUT2D eigenvalue weighted by molar-refractivity contribution is 0.120. The maximum atomic E-state index is 9.73. The Morgan fingerprint density at radius 3 is 2.38 bits per heavy atom. The first-order valence-electron chi connectivity index (χ1n) is 7.61. The summed E-state index contributed by atoms with van der Waals surface area (Å²) in [4.78, 5) is 0. The van der Waals surface area contributed by atoms with E-state index in [9.17, 15) is 5.26 Å². The van der Waals surface area contributed by atoms with Gasteiger partial charge in [-0.25, -0.2) is 0 Å². The Kier molecular flexibility index (Phi) is 4.91. The minimum Gasteiger partial charge on any atom is -0.198 e. The van der Waals surface area contributed by atoms with Crippen LogP contribution in [0.2, 0.25) is 10.0 Å². The molecule has 1 aliphatic rings. The van der Waals surface area contributed by atoms with Gasteiger partial charge in [-0.2, -0.15) is 5.26 Å². The number of hydrogen-bond acceptors (Lipinski definition) is 1. The van der Waals surface area contributed by atoms with Crippen LogP contribution in [0.25, 0.3) is 0 Å². The van der Waals surface area contributed by atoms with Crippen LogP contribution in [-0.4, -0.2) is 0 Å². The van der Waals surface area contributed by atoms with E-state index in [1.54, 1.807) is 6.07 Å². The van der Waals surface area contributed by atoms with E-state index < -0.39 is 0 Å². The van der Waals surface area contributed by atoms with Crippen LogP contribution in [0.15, 0.2) is 18.2 Å². The zero-order valence-corrected chi connectivity index (χ0v) is 14.6. The highest BCUT2D eigenvalue weighted by Crippen LogP contribution is 2.47. The monoisotopic (exact) mass is 323 g/mol. The third-order valence-electron chi connectivity index (χ3n) is 4.97. The van der Waals surface area contributed by atoms with Crippen LogP contribution < -0.4 is 0 Å². The SMILES string of the molecule is CC(C)(C)C1CCC(C#N)(Cc2cccc(Cl)c2Cl)CC1. The number of hydrogen-bond donors (Lipinski definition) is 0. The Hall–Kier alpha value is -0.710. The third kappa shape index (κ3) is 3.74. The van der Waals surface area contributed by atoms with Crippen molar-refractivity contribution in [2.24, 2.45) is 16.7 Å². The predicted molar refractivity (Wildman–Crippen MR) is 89.6 cm³/mol. The van der Waals surface area contributed by atoms with Crippen LogP contribution in [0.4, 0.5) is 0 Å². The van der Waals surface area contributed by atoms with Crippen molar-refractivity contribution in [1.82, 2.24) is 0 Å². The van der Waals surface area contributed by atoms with Crippen molar-refractivity contribution < 1.29 is 0 Å². The van der Waals surface area contributed by atoms with Gasteiger partial charge >= 0.3 is 0 Å². The Morgan fingerprint density at radius 1 is 1.24 bits per heavy atom. The quantitative estimate of drug-likeness (QED) is 0.628. The molecule has 0 atom stereocenters. The molecule has 1 nitrogen and oxygen atoms in total. The molecule has 2 rings (SSSR count). The van der Waals surface area contributed by atoms with Crippen molar-refractivity contribution in [2.75, 3.05) is 0 Å². The normalized spacial score (nSPS) is 26.4. The molecule has 3 heteroatoms. The van der Waals surface area contributed by atoms with Crippen LogP contribution in [0, 0.1) is 28.1 Å². The Labute approximate surface area is 138 Å². The smallest absolute Gasteiger partial charge is 0.0693 e. The van der Waals surface area contributed by atoms with Crippen LogP contribution >= 0.6 is 23.2 Å². The maximum absolute atomic E-state index is 9.73. The second-order valence-corrected chi connectivity index (χ2v) is 8.21. The van der Waals surface area contributed by atoms with Gasteiger partial charge in [-0.15, -0.1) is 0 Å². The van der Waals surface area contributed by atoms with Gasteiger partial charge in [0.05, 0.1) is 21.5 Å². The molecule has 1 aromatic carbocycles. The topological polar surface area (TPSA) is 23.8 Å². The molecule has 0 radical (unpaired) electrons. The molecule has 1 aliphatic carbocycles. The summed E-state index contributed by atoms with van der Waals surface area (Å²) in [6.07, 6.45) is 4.85. The summed E-state index contributed by atoms with van der Waals surface area (Å²) in [5.74, 6) is 0.703. The van der Waals surface area contributed by atoms with Crippen molar-refractivity contribution in [3.05, 3.63) is 33.8 Å². The van der Waals surface area contributed by atoms with Crippen LogP contribution in [0.3, 0.4) is 0 Å². The first-order chi connectivity index (χ1) is 9.77. The van der Waals surface area contributed by atoms with Crippen molar-refractivity contribution in [3.63, 3.8) is 0 Å². The molecule has 114 valence electrons. The van der Waals surface area contributed by atoms with E-state index in [2.05, 4.69) is 26.8 Å². The molecular weight excluding hydrogens is 301 g/mol. The van der Waals surface area contributed by atoms with Gasteiger partial charge in [0.25, 0.3) is 0 Å². The standard InChI is InChI=1S/C18H23Cl2N/c1-17(2,3)14-7-9-18(12-21,10-8-14)11-13-5-4-6-15(19)16(13)20/h4-6,14H,7-11H2,1-3H3. The van der Waals surface area contributed by atoms with E-state index in [-0.39, 0.29) is 5.41 Å². The molecule has 0 saturated heterocycles. The molecule has 1 saturated carbocycles. The van der Waals surface area contributed by atoms with E-state index in [1.807, 2.05) is 12.1 Å². The summed E-state index contributed by atoms with van der Waals surface area (Å²) < 4.78 is 0. The molecule has 0 amide bonds. The minimum absolute atomic E-state index is 0.282. The van der Waals surface area contributed by atoms with E-state index in [1.165, 1.54) is 0 Å². The molecular formula is C18H23Cl2N. The van der Waals surface area contributed by atoms with Crippen molar-refractivity contribution in [1.29, 1.82) is 5.26 Å². The highest BCUT2D eigenvalue weighted by Gasteiger charge is 2.39. The van der Waals surface area contributed by atoms with Gasteiger partial charge in [0, 0.05) is 0 Å². The molecule has 21 heavy (non-hydrogen) atoms. The average molecular weight is 324 g/mol.